The zero-order valence-electron chi connectivity index (χ0n) is 27.4. The number of carbonyl (C=O) groups is 2. The van der Waals surface area contributed by atoms with Gasteiger partial charge in [-0.2, -0.15) is 8.42 Å². The molecule has 3 aromatic carbocycles. The van der Waals surface area contributed by atoms with Gasteiger partial charge < -0.3 is 13.8 Å². The second-order valence-corrected chi connectivity index (χ2v) is 16.2. The third-order valence-corrected chi connectivity index (χ3v) is 10.6. The lowest BCUT2D eigenvalue weighted by Crippen LogP contribution is -2.44. The molecule has 0 saturated heterocycles. The number of Topliss-reactive ketones (excluding diaryl/α,β-unsaturated/α-hetero) is 2. The van der Waals surface area contributed by atoms with Crippen molar-refractivity contribution in [3.8, 4) is 11.5 Å². The molecule has 47 heavy (non-hydrogen) atoms. The SMILES string of the molecule is CCOc1cc(C2C3=C(CC(C)(C)CC3=O)N(Cc3ccccc3)C3=C2C(=O)CC(C)(C)C3)cc(Cl)c1OS(=O)(=O)c1ccccc1. The van der Waals surface area contributed by atoms with E-state index in [0.717, 1.165) is 17.0 Å². The first kappa shape index (κ1) is 33.0. The summed E-state index contributed by atoms with van der Waals surface area (Å²) in [4.78, 5) is 30.7. The molecular formula is C38H40ClNO6S. The van der Waals surface area contributed by atoms with Gasteiger partial charge in [0.1, 0.15) is 4.90 Å². The Kier molecular flexibility index (Phi) is 8.64. The smallest absolute Gasteiger partial charge is 0.339 e. The van der Waals surface area contributed by atoms with Crippen LogP contribution >= 0.6 is 11.6 Å². The minimum Gasteiger partial charge on any atom is -0.490 e. The van der Waals surface area contributed by atoms with Crippen LogP contribution in [0.5, 0.6) is 11.5 Å². The summed E-state index contributed by atoms with van der Waals surface area (Å²) >= 11 is 6.85. The summed E-state index contributed by atoms with van der Waals surface area (Å²) in [5.74, 6) is -0.722. The fourth-order valence-corrected chi connectivity index (χ4v) is 8.46. The van der Waals surface area contributed by atoms with Gasteiger partial charge >= 0.3 is 10.1 Å². The highest BCUT2D eigenvalue weighted by molar-refractivity contribution is 7.87. The molecule has 0 saturated carbocycles. The number of hydrogen-bond donors (Lipinski definition) is 0. The summed E-state index contributed by atoms with van der Waals surface area (Å²) in [6.45, 7) is 10.9. The first-order valence-corrected chi connectivity index (χ1v) is 17.8. The summed E-state index contributed by atoms with van der Waals surface area (Å²) in [6.07, 6.45) is 2.00. The third kappa shape index (κ3) is 6.50. The highest BCUT2D eigenvalue weighted by atomic mass is 35.5. The number of ether oxygens (including phenoxy) is 1. The number of nitrogens with zero attached hydrogens (tertiary/aromatic N) is 1. The topological polar surface area (TPSA) is 90.0 Å². The molecule has 0 radical (unpaired) electrons. The summed E-state index contributed by atoms with van der Waals surface area (Å²) in [6, 6.07) is 21.2. The predicted octanol–water partition coefficient (Wildman–Crippen LogP) is 8.39. The molecular weight excluding hydrogens is 634 g/mol. The molecule has 0 spiro atoms. The van der Waals surface area contributed by atoms with Crippen LogP contribution in [0.4, 0.5) is 0 Å². The van der Waals surface area contributed by atoms with Gasteiger partial charge in [0.25, 0.3) is 0 Å². The predicted molar refractivity (Wildman–Crippen MR) is 182 cm³/mol. The van der Waals surface area contributed by atoms with Crippen LogP contribution < -0.4 is 8.92 Å². The highest BCUT2D eigenvalue weighted by Crippen LogP contribution is 2.56. The maximum atomic E-state index is 14.3. The quantitative estimate of drug-likeness (QED) is 0.222. The second kappa shape index (κ2) is 12.3. The van der Waals surface area contributed by atoms with Crippen LogP contribution in [0.15, 0.2) is 100 Å². The normalized spacial score (nSPS) is 19.4. The lowest BCUT2D eigenvalue weighted by Gasteiger charge is -2.49. The van der Waals surface area contributed by atoms with E-state index in [1.165, 1.54) is 12.1 Å². The van der Waals surface area contributed by atoms with Gasteiger partial charge in [-0.3, -0.25) is 9.59 Å². The average Bonchev–Trinajstić information content (AvgIpc) is 2.99. The van der Waals surface area contributed by atoms with E-state index in [9.17, 15) is 18.0 Å². The van der Waals surface area contributed by atoms with Gasteiger partial charge in [0.2, 0.25) is 5.75 Å². The number of ketones is 2. The molecule has 246 valence electrons. The van der Waals surface area contributed by atoms with Gasteiger partial charge in [-0.15, -0.1) is 0 Å². The van der Waals surface area contributed by atoms with Crippen molar-refractivity contribution in [2.75, 3.05) is 6.61 Å². The number of carbonyl (C=O) groups excluding carboxylic acids is 2. The summed E-state index contributed by atoms with van der Waals surface area (Å²) in [5.41, 5.74) is 4.14. The Morgan fingerprint density at radius 3 is 1.87 bits per heavy atom. The molecule has 0 fully saturated rings. The van der Waals surface area contributed by atoms with Crippen molar-refractivity contribution in [1.29, 1.82) is 0 Å². The fourth-order valence-electron chi connectivity index (χ4n) is 7.18. The average molecular weight is 674 g/mol. The summed E-state index contributed by atoms with van der Waals surface area (Å²) in [7, 11) is -4.23. The van der Waals surface area contributed by atoms with Crippen LogP contribution in [-0.2, 0) is 26.3 Å². The van der Waals surface area contributed by atoms with Crippen molar-refractivity contribution in [3.05, 3.63) is 111 Å². The van der Waals surface area contributed by atoms with Gasteiger partial charge in [-0.1, -0.05) is 87.8 Å². The van der Waals surface area contributed by atoms with Crippen molar-refractivity contribution in [2.45, 2.75) is 77.7 Å². The molecule has 1 heterocycles. The molecule has 0 atom stereocenters. The van der Waals surface area contributed by atoms with E-state index in [-0.39, 0.29) is 50.4 Å². The van der Waals surface area contributed by atoms with E-state index in [2.05, 4.69) is 44.7 Å². The molecule has 0 bridgehead atoms. The third-order valence-electron chi connectivity index (χ3n) is 9.10. The van der Waals surface area contributed by atoms with Gasteiger partial charge in [-0.05, 0) is 66.0 Å². The lowest BCUT2D eigenvalue weighted by molar-refractivity contribution is -0.119. The number of allylic oxidation sites excluding steroid dienone is 4. The van der Waals surface area contributed by atoms with E-state index in [1.807, 2.05) is 18.2 Å². The summed E-state index contributed by atoms with van der Waals surface area (Å²) in [5, 5.41) is 0.00801. The Bertz CT molecular complexity index is 1860. The van der Waals surface area contributed by atoms with Crippen molar-refractivity contribution >= 4 is 33.3 Å². The maximum Gasteiger partial charge on any atom is 0.339 e. The van der Waals surface area contributed by atoms with Gasteiger partial charge in [0.05, 0.1) is 11.6 Å². The van der Waals surface area contributed by atoms with Gasteiger partial charge in [0.15, 0.2) is 17.3 Å². The zero-order chi connectivity index (χ0) is 33.7. The van der Waals surface area contributed by atoms with Gasteiger partial charge in [-0.25, -0.2) is 0 Å². The zero-order valence-corrected chi connectivity index (χ0v) is 29.0. The van der Waals surface area contributed by atoms with Gasteiger partial charge in [0, 0.05) is 47.8 Å². The van der Waals surface area contributed by atoms with E-state index >= 15 is 0 Å². The van der Waals surface area contributed by atoms with Crippen LogP contribution in [0.3, 0.4) is 0 Å². The lowest BCUT2D eigenvalue weighted by atomic mass is 9.63. The molecule has 6 rings (SSSR count). The Labute approximate surface area is 282 Å². The highest BCUT2D eigenvalue weighted by Gasteiger charge is 2.49. The van der Waals surface area contributed by atoms with Crippen LogP contribution in [0, 0.1) is 10.8 Å². The van der Waals surface area contributed by atoms with Crippen LogP contribution in [0.25, 0.3) is 0 Å². The van der Waals surface area contributed by atoms with E-state index in [4.69, 9.17) is 20.5 Å². The van der Waals surface area contributed by atoms with Crippen molar-refractivity contribution < 1.29 is 26.9 Å². The number of halogens is 1. The number of hydrogen-bond acceptors (Lipinski definition) is 7. The molecule has 0 amide bonds. The monoisotopic (exact) mass is 673 g/mol. The minimum absolute atomic E-state index is 0.00801. The van der Waals surface area contributed by atoms with Crippen molar-refractivity contribution in [1.82, 2.24) is 4.90 Å². The molecule has 1 aliphatic heterocycles. The van der Waals surface area contributed by atoms with Crippen LogP contribution in [-0.4, -0.2) is 31.5 Å². The maximum absolute atomic E-state index is 14.3. The van der Waals surface area contributed by atoms with Crippen LogP contribution in [0.2, 0.25) is 5.02 Å². The van der Waals surface area contributed by atoms with Crippen molar-refractivity contribution in [2.24, 2.45) is 10.8 Å². The molecule has 9 heteroatoms. The van der Waals surface area contributed by atoms with E-state index in [1.54, 1.807) is 37.3 Å². The molecule has 0 aromatic heterocycles. The Balaban J connectivity index is 1.55. The first-order chi connectivity index (χ1) is 22.2. The first-order valence-electron chi connectivity index (χ1n) is 16.0. The molecule has 3 aliphatic rings. The van der Waals surface area contributed by atoms with E-state index < -0.39 is 16.0 Å². The number of rotatable bonds is 8. The van der Waals surface area contributed by atoms with Crippen LogP contribution in [0.1, 0.15) is 77.3 Å². The second-order valence-electron chi connectivity index (χ2n) is 14.2. The molecule has 0 unspecified atom stereocenters. The van der Waals surface area contributed by atoms with Crippen molar-refractivity contribution in [3.63, 3.8) is 0 Å². The molecule has 0 N–H and O–H groups in total. The molecule has 7 nitrogen and oxygen atoms in total. The standard InChI is InChI=1S/C38H40ClNO6S/c1-6-45-32-18-25(17-27(39)36(32)46-47(43,44)26-15-11-8-12-16-26)33-34-28(19-37(2,3)21-30(34)41)40(23-24-13-9-7-10-14-24)29-20-38(4,5)22-31(42)35(29)33/h7-18,33H,6,19-23H2,1-5H3. The van der Waals surface area contributed by atoms with E-state index in [0.29, 0.717) is 48.9 Å². The molecule has 2 aliphatic carbocycles. The largest absolute Gasteiger partial charge is 0.490 e. The Hall–Kier alpha value is -3.88. The Morgan fingerprint density at radius 2 is 1.34 bits per heavy atom. The summed E-state index contributed by atoms with van der Waals surface area (Å²) < 4.78 is 38.0. The number of benzene rings is 3. The molecule has 3 aromatic rings. The Morgan fingerprint density at radius 1 is 0.809 bits per heavy atom. The minimum atomic E-state index is -4.23. The fraction of sp³-hybridized carbons (Fsp3) is 0.368.